The maximum atomic E-state index is 13.1. The number of carbonyl (C=O) groups excluding carboxylic acids is 1. The molecular weight excluding hydrogens is 388 g/mol. The Balaban J connectivity index is 1.78. The first-order chi connectivity index (χ1) is 12.3. The molecule has 9 heteroatoms. The summed E-state index contributed by atoms with van der Waals surface area (Å²) < 4.78 is 52.2. The average molecular weight is 400 g/mol. The third-order valence-electron chi connectivity index (χ3n) is 3.59. The van der Waals surface area contributed by atoms with Gasteiger partial charge in [0.05, 0.1) is 11.3 Å². The second-order valence-corrected chi connectivity index (χ2v) is 7.21. The highest BCUT2D eigenvalue weighted by molar-refractivity contribution is 7.17. The van der Waals surface area contributed by atoms with Gasteiger partial charge in [0.25, 0.3) is 5.91 Å². The van der Waals surface area contributed by atoms with Gasteiger partial charge in [0.2, 0.25) is 0 Å². The normalized spacial score (nSPS) is 11.6. The Labute approximate surface area is 154 Å². The van der Waals surface area contributed by atoms with Crippen molar-refractivity contribution in [1.29, 1.82) is 0 Å². The molecule has 26 heavy (non-hydrogen) atoms. The van der Waals surface area contributed by atoms with Gasteiger partial charge >= 0.3 is 6.18 Å². The van der Waals surface area contributed by atoms with E-state index in [0.717, 1.165) is 17.7 Å². The van der Waals surface area contributed by atoms with E-state index in [4.69, 9.17) is 0 Å². The van der Waals surface area contributed by atoms with Crippen LogP contribution >= 0.6 is 22.7 Å². The summed E-state index contributed by atoms with van der Waals surface area (Å²) in [7, 11) is 0. The topological polar surface area (TPSA) is 42.0 Å². The van der Waals surface area contributed by atoms with Crippen LogP contribution < -0.4 is 5.32 Å². The largest absolute Gasteiger partial charge is 0.416 e. The molecule has 0 saturated heterocycles. The first kappa shape index (κ1) is 18.5. The lowest BCUT2D eigenvalue weighted by Gasteiger charge is -2.13. The van der Waals surface area contributed by atoms with E-state index in [2.05, 4.69) is 10.3 Å². The molecule has 0 aliphatic rings. The molecule has 0 radical (unpaired) electrons. The number of hydrogen-bond acceptors (Lipinski definition) is 4. The summed E-state index contributed by atoms with van der Waals surface area (Å²) in [4.78, 5) is 17.0. The molecule has 1 amide bonds. The first-order valence-corrected chi connectivity index (χ1v) is 9.15. The van der Waals surface area contributed by atoms with E-state index in [1.807, 2.05) is 16.8 Å². The molecule has 1 N–H and O–H groups in total. The minimum absolute atomic E-state index is 0.201. The Kier molecular flexibility index (Phi) is 5.10. The van der Waals surface area contributed by atoms with Gasteiger partial charge in [-0.15, -0.1) is 11.3 Å². The number of benzene rings is 1. The van der Waals surface area contributed by atoms with Crippen LogP contribution in [-0.4, -0.2) is 10.9 Å². The third kappa shape index (κ3) is 3.94. The Morgan fingerprint density at radius 1 is 1.27 bits per heavy atom. The number of amides is 1. The molecule has 0 atom stereocenters. The second-order valence-electron chi connectivity index (χ2n) is 5.43. The van der Waals surface area contributed by atoms with Gasteiger partial charge in [0.15, 0.2) is 0 Å². The zero-order valence-corrected chi connectivity index (χ0v) is 15.0. The van der Waals surface area contributed by atoms with Crippen molar-refractivity contribution in [3.63, 3.8) is 0 Å². The minimum atomic E-state index is -4.70. The number of hydrogen-bond donors (Lipinski definition) is 1. The molecule has 0 saturated carbocycles. The fourth-order valence-corrected chi connectivity index (χ4v) is 4.03. The van der Waals surface area contributed by atoms with Crippen LogP contribution in [0, 0.1) is 12.7 Å². The summed E-state index contributed by atoms with van der Waals surface area (Å²) in [6.07, 6.45) is -4.70. The fraction of sp³-hybridized carbons (Fsp3) is 0.176. The number of aromatic nitrogens is 1. The van der Waals surface area contributed by atoms with Crippen molar-refractivity contribution in [2.75, 3.05) is 0 Å². The second kappa shape index (κ2) is 7.16. The predicted molar refractivity (Wildman–Crippen MR) is 92.7 cm³/mol. The molecule has 0 unspecified atom stereocenters. The van der Waals surface area contributed by atoms with E-state index in [0.29, 0.717) is 21.6 Å². The lowest BCUT2D eigenvalue weighted by Crippen LogP contribution is -2.24. The van der Waals surface area contributed by atoms with E-state index < -0.39 is 23.5 Å². The van der Waals surface area contributed by atoms with Gasteiger partial charge in [-0.3, -0.25) is 4.79 Å². The summed E-state index contributed by atoms with van der Waals surface area (Å²) in [6.45, 7) is 1.30. The molecule has 0 spiro atoms. The van der Waals surface area contributed by atoms with Gasteiger partial charge in [-0.1, -0.05) is 6.07 Å². The molecule has 0 aliphatic heterocycles. The number of halogens is 4. The van der Waals surface area contributed by atoms with Gasteiger partial charge in [0, 0.05) is 17.5 Å². The smallest absolute Gasteiger partial charge is 0.347 e. The summed E-state index contributed by atoms with van der Waals surface area (Å²) in [5.74, 6) is -1.50. The average Bonchev–Trinajstić information content (AvgIpc) is 3.21. The van der Waals surface area contributed by atoms with Crippen molar-refractivity contribution >= 4 is 28.6 Å². The van der Waals surface area contributed by atoms with Crippen LogP contribution in [0.1, 0.15) is 26.5 Å². The van der Waals surface area contributed by atoms with Crippen LogP contribution in [0.5, 0.6) is 0 Å². The van der Waals surface area contributed by atoms with E-state index in [9.17, 15) is 22.4 Å². The maximum Gasteiger partial charge on any atom is 0.416 e. The SMILES string of the molecule is Cc1nc(-c2ccsc2)sc1C(=O)NCc1ccc(F)cc1C(F)(F)F. The van der Waals surface area contributed by atoms with Crippen LogP contribution in [0.3, 0.4) is 0 Å². The Hall–Kier alpha value is -2.26. The van der Waals surface area contributed by atoms with Crippen LogP contribution in [-0.2, 0) is 12.7 Å². The molecule has 3 aromatic rings. The van der Waals surface area contributed by atoms with Gasteiger partial charge in [-0.2, -0.15) is 24.5 Å². The van der Waals surface area contributed by atoms with E-state index in [1.165, 1.54) is 22.7 Å². The van der Waals surface area contributed by atoms with Crippen LogP contribution in [0.4, 0.5) is 17.6 Å². The molecule has 3 rings (SSSR count). The number of aryl methyl sites for hydroxylation is 1. The minimum Gasteiger partial charge on any atom is -0.347 e. The molecule has 3 nitrogen and oxygen atoms in total. The Morgan fingerprint density at radius 3 is 2.69 bits per heavy atom. The number of alkyl halides is 3. The number of thiazole rings is 1. The molecule has 1 aromatic carbocycles. The summed E-state index contributed by atoms with van der Waals surface area (Å²) in [5.41, 5.74) is 0.0918. The number of rotatable bonds is 4. The van der Waals surface area contributed by atoms with E-state index in [1.54, 1.807) is 6.92 Å². The van der Waals surface area contributed by atoms with Gasteiger partial charge in [-0.05, 0) is 36.1 Å². The monoisotopic (exact) mass is 400 g/mol. The van der Waals surface area contributed by atoms with Gasteiger partial charge in [0.1, 0.15) is 15.7 Å². The summed E-state index contributed by atoms with van der Waals surface area (Å²) >= 11 is 2.67. The highest BCUT2D eigenvalue weighted by atomic mass is 32.1. The number of thiophene rings is 1. The maximum absolute atomic E-state index is 13.1. The molecule has 2 heterocycles. The third-order valence-corrected chi connectivity index (χ3v) is 5.48. The number of carbonyl (C=O) groups is 1. The quantitative estimate of drug-likeness (QED) is 0.607. The van der Waals surface area contributed by atoms with E-state index in [-0.39, 0.29) is 12.1 Å². The number of nitrogens with zero attached hydrogens (tertiary/aromatic N) is 1. The molecule has 136 valence electrons. The number of nitrogens with one attached hydrogen (secondary N) is 1. The lowest BCUT2D eigenvalue weighted by molar-refractivity contribution is -0.138. The Bertz CT molecular complexity index is 933. The van der Waals surface area contributed by atoms with Crippen LogP contribution in [0.2, 0.25) is 0 Å². The van der Waals surface area contributed by atoms with Gasteiger partial charge in [-0.25, -0.2) is 9.37 Å². The predicted octanol–water partition coefficient (Wildman–Crippen LogP) is 5.27. The summed E-state index contributed by atoms with van der Waals surface area (Å²) in [6, 6.07) is 4.25. The zero-order valence-electron chi connectivity index (χ0n) is 13.4. The standard InChI is InChI=1S/C17H12F4N2OS2/c1-9-14(26-16(23-9)11-4-5-25-8-11)15(24)22-7-10-2-3-12(18)6-13(10)17(19,20)21/h2-6,8H,7H2,1H3,(H,22,24). The van der Waals surface area contributed by atoms with Crippen molar-refractivity contribution < 1.29 is 22.4 Å². The molecule has 2 aromatic heterocycles. The molecule has 0 aliphatic carbocycles. The molecular formula is C17H12F4N2OS2. The van der Waals surface area contributed by atoms with Gasteiger partial charge < -0.3 is 5.32 Å². The van der Waals surface area contributed by atoms with Crippen LogP contribution in [0.25, 0.3) is 10.6 Å². The van der Waals surface area contributed by atoms with Crippen molar-refractivity contribution in [3.8, 4) is 10.6 Å². The van der Waals surface area contributed by atoms with Crippen molar-refractivity contribution in [2.45, 2.75) is 19.6 Å². The highest BCUT2D eigenvalue weighted by Gasteiger charge is 2.33. The first-order valence-electron chi connectivity index (χ1n) is 7.39. The molecule has 0 bridgehead atoms. The van der Waals surface area contributed by atoms with E-state index >= 15 is 0 Å². The fourth-order valence-electron chi connectivity index (χ4n) is 2.34. The highest BCUT2D eigenvalue weighted by Crippen LogP contribution is 2.33. The van der Waals surface area contributed by atoms with Crippen molar-refractivity contribution in [3.05, 3.63) is 62.5 Å². The Morgan fingerprint density at radius 2 is 2.04 bits per heavy atom. The molecule has 0 fully saturated rings. The summed E-state index contributed by atoms with van der Waals surface area (Å²) in [5, 5.41) is 6.92. The van der Waals surface area contributed by atoms with Crippen molar-refractivity contribution in [1.82, 2.24) is 10.3 Å². The van der Waals surface area contributed by atoms with Crippen molar-refractivity contribution in [2.24, 2.45) is 0 Å². The lowest BCUT2D eigenvalue weighted by atomic mass is 10.1. The van der Waals surface area contributed by atoms with Crippen LogP contribution in [0.15, 0.2) is 35.0 Å². The zero-order chi connectivity index (χ0) is 18.9.